The highest BCUT2D eigenvalue weighted by Crippen LogP contribution is 2.21. The molecule has 15 heavy (non-hydrogen) atoms. The maximum Gasteiger partial charge on any atom is 0.0999 e. The summed E-state index contributed by atoms with van der Waals surface area (Å²) in [5.41, 5.74) is 0.920. The van der Waals surface area contributed by atoms with Crippen molar-refractivity contribution in [2.75, 3.05) is 0 Å². The molecule has 0 spiro atoms. The fourth-order valence-electron chi connectivity index (χ4n) is 1.42. The van der Waals surface area contributed by atoms with Gasteiger partial charge in [0.05, 0.1) is 11.7 Å². The van der Waals surface area contributed by atoms with E-state index in [1.165, 1.54) is 6.08 Å². The van der Waals surface area contributed by atoms with Crippen LogP contribution >= 0.6 is 0 Å². The minimum Gasteiger partial charge on any atom is -0.212 e. The molecule has 1 atom stereocenters. The Balaban J connectivity index is 4.29. The normalized spacial score (nSPS) is 15.3. The summed E-state index contributed by atoms with van der Waals surface area (Å²) in [5.74, 6) is -0.276. The summed E-state index contributed by atoms with van der Waals surface area (Å²) >= 11 is 0. The highest BCUT2D eigenvalue weighted by molar-refractivity contribution is 5.20. The summed E-state index contributed by atoms with van der Waals surface area (Å²) < 4.78 is 25.5. The van der Waals surface area contributed by atoms with E-state index < -0.39 is 0 Å². The SMILES string of the molecule is C=C(F)CC(C)CC(/C=C(/F)CC)=C\C. The highest BCUT2D eigenvalue weighted by Gasteiger charge is 2.06. The molecule has 1 unspecified atom stereocenters. The molecule has 0 aromatic heterocycles. The lowest BCUT2D eigenvalue weighted by Gasteiger charge is -2.10. The van der Waals surface area contributed by atoms with E-state index in [4.69, 9.17) is 0 Å². The Morgan fingerprint density at radius 1 is 1.33 bits per heavy atom. The first-order chi connectivity index (χ1) is 6.99. The second-order valence-electron chi connectivity index (χ2n) is 3.84. The molecule has 0 aliphatic carbocycles. The van der Waals surface area contributed by atoms with Gasteiger partial charge in [-0.05, 0) is 37.3 Å². The van der Waals surface area contributed by atoms with E-state index in [9.17, 15) is 8.78 Å². The Labute approximate surface area is 91.4 Å². The smallest absolute Gasteiger partial charge is 0.0999 e. The van der Waals surface area contributed by atoms with Crippen LogP contribution in [0, 0.1) is 5.92 Å². The summed E-state index contributed by atoms with van der Waals surface area (Å²) in [7, 11) is 0. The number of allylic oxidation sites excluding steroid dienone is 5. The van der Waals surface area contributed by atoms with E-state index in [0.29, 0.717) is 19.3 Å². The van der Waals surface area contributed by atoms with Gasteiger partial charge in [-0.25, -0.2) is 8.78 Å². The largest absolute Gasteiger partial charge is 0.212 e. The first-order valence-corrected chi connectivity index (χ1v) is 5.34. The second kappa shape index (κ2) is 7.38. The quantitative estimate of drug-likeness (QED) is 0.540. The van der Waals surface area contributed by atoms with Gasteiger partial charge in [-0.3, -0.25) is 0 Å². The zero-order valence-corrected chi connectivity index (χ0v) is 9.82. The monoisotopic (exact) mass is 214 g/mol. The number of rotatable bonds is 6. The zero-order valence-electron chi connectivity index (χ0n) is 9.82. The van der Waals surface area contributed by atoms with Gasteiger partial charge in [0.15, 0.2) is 0 Å². The molecule has 0 saturated carbocycles. The van der Waals surface area contributed by atoms with Gasteiger partial charge in [0.2, 0.25) is 0 Å². The maximum atomic E-state index is 13.0. The van der Waals surface area contributed by atoms with Crippen LogP contribution in [0.1, 0.15) is 40.0 Å². The van der Waals surface area contributed by atoms with Gasteiger partial charge in [-0.2, -0.15) is 0 Å². The minimum atomic E-state index is -0.308. The van der Waals surface area contributed by atoms with Crippen molar-refractivity contribution in [3.63, 3.8) is 0 Å². The van der Waals surface area contributed by atoms with Gasteiger partial charge in [0, 0.05) is 6.42 Å². The van der Waals surface area contributed by atoms with Crippen LogP contribution in [0.5, 0.6) is 0 Å². The summed E-state index contributed by atoms with van der Waals surface area (Å²) in [4.78, 5) is 0. The van der Waals surface area contributed by atoms with Crippen molar-refractivity contribution in [1.82, 2.24) is 0 Å². The van der Waals surface area contributed by atoms with Gasteiger partial charge < -0.3 is 0 Å². The van der Waals surface area contributed by atoms with Crippen molar-refractivity contribution in [1.29, 1.82) is 0 Å². The Bertz CT molecular complexity index is 262. The first kappa shape index (κ1) is 14.1. The van der Waals surface area contributed by atoms with Crippen molar-refractivity contribution in [2.24, 2.45) is 5.92 Å². The topological polar surface area (TPSA) is 0 Å². The van der Waals surface area contributed by atoms with Crippen molar-refractivity contribution >= 4 is 0 Å². The Kier molecular flexibility index (Phi) is 6.93. The van der Waals surface area contributed by atoms with Crippen LogP contribution in [0.25, 0.3) is 0 Å². The standard InChI is InChI=1S/C13H20F2/c1-5-12(9-13(15)6-2)8-10(3)7-11(4)14/h5,9-10H,4,6-8H2,1-3H3/b12-5+,13-9+. The molecular weight excluding hydrogens is 194 g/mol. The molecule has 0 bridgehead atoms. The molecule has 0 amide bonds. The van der Waals surface area contributed by atoms with Gasteiger partial charge in [0.1, 0.15) is 0 Å². The number of hydrogen-bond donors (Lipinski definition) is 0. The average Bonchev–Trinajstić information content (AvgIpc) is 2.15. The molecule has 2 heteroatoms. The minimum absolute atomic E-state index is 0.130. The summed E-state index contributed by atoms with van der Waals surface area (Å²) in [6.07, 6.45) is 4.84. The van der Waals surface area contributed by atoms with Crippen LogP contribution in [0.3, 0.4) is 0 Å². The molecule has 0 fully saturated rings. The van der Waals surface area contributed by atoms with Gasteiger partial charge in [-0.1, -0.05) is 26.5 Å². The molecule has 0 saturated heterocycles. The zero-order chi connectivity index (χ0) is 11.8. The number of hydrogen-bond acceptors (Lipinski definition) is 0. The molecule has 0 heterocycles. The van der Waals surface area contributed by atoms with Crippen molar-refractivity contribution in [3.05, 3.63) is 36.0 Å². The summed E-state index contributed by atoms with van der Waals surface area (Å²) in [5, 5.41) is 0. The third-order valence-electron chi connectivity index (χ3n) is 2.20. The third-order valence-corrected chi connectivity index (χ3v) is 2.20. The van der Waals surface area contributed by atoms with Crippen molar-refractivity contribution in [2.45, 2.75) is 40.0 Å². The Morgan fingerprint density at radius 2 is 1.93 bits per heavy atom. The molecule has 0 aliphatic heterocycles. The number of halogens is 2. The molecule has 0 aromatic rings. The van der Waals surface area contributed by atoms with Gasteiger partial charge in [-0.15, -0.1) is 0 Å². The molecule has 0 nitrogen and oxygen atoms in total. The van der Waals surface area contributed by atoms with E-state index in [0.717, 1.165) is 5.57 Å². The van der Waals surface area contributed by atoms with Crippen LogP contribution in [0.4, 0.5) is 8.78 Å². The fraction of sp³-hybridized carbons (Fsp3) is 0.538. The van der Waals surface area contributed by atoms with Crippen LogP contribution in [0.15, 0.2) is 36.0 Å². The van der Waals surface area contributed by atoms with E-state index in [2.05, 4.69) is 6.58 Å². The Morgan fingerprint density at radius 3 is 2.33 bits per heavy atom. The van der Waals surface area contributed by atoms with Crippen molar-refractivity contribution < 1.29 is 8.78 Å². The summed E-state index contributed by atoms with van der Waals surface area (Å²) in [6.45, 7) is 8.80. The molecule has 0 aliphatic rings. The lowest BCUT2D eigenvalue weighted by Crippen LogP contribution is -1.96. The first-order valence-electron chi connectivity index (χ1n) is 5.34. The van der Waals surface area contributed by atoms with Crippen LogP contribution in [-0.2, 0) is 0 Å². The van der Waals surface area contributed by atoms with E-state index in [-0.39, 0.29) is 17.6 Å². The van der Waals surface area contributed by atoms with Crippen LogP contribution in [0.2, 0.25) is 0 Å². The van der Waals surface area contributed by atoms with Gasteiger partial charge >= 0.3 is 0 Å². The lowest BCUT2D eigenvalue weighted by atomic mass is 9.97. The predicted molar refractivity (Wildman–Crippen MR) is 61.9 cm³/mol. The van der Waals surface area contributed by atoms with Crippen LogP contribution in [-0.4, -0.2) is 0 Å². The second-order valence-corrected chi connectivity index (χ2v) is 3.84. The van der Waals surface area contributed by atoms with E-state index in [1.54, 1.807) is 6.92 Å². The molecule has 0 radical (unpaired) electrons. The Hall–Kier alpha value is -0.920. The lowest BCUT2D eigenvalue weighted by molar-refractivity contribution is 0.489. The molecule has 0 aromatic carbocycles. The van der Waals surface area contributed by atoms with Crippen molar-refractivity contribution in [3.8, 4) is 0 Å². The third kappa shape index (κ3) is 7.06. The van der Waals surface area contributed by atoms with Crippen LogP contribution < -0.4 is 0 Å². The van der Waals surface area contributed by atoms with E-state index in [1.807, 2.05) is 19.9 Å². The maximum absolute atomic E-state index is 13.0. The predicted octanol–water partition coefficient (Wildman–Crippen LogP) is 5.10. The fourth-order valence-corrected chi connectivity index (χ4v) is 1.42. The summed E-state index contributed by atoms with van der Waals surface area (Å²) in [6, 6.07) is 0. The average molecular weight is 214 g/mol. The molecular formula is C13H20F2. The highest BCUT2D eigenvalue weighted by atomic mass is 19.1. The molecule has 0 N–H and O–H groups in total. The van der Waals surface area contributed by atoms with E-state index >= 15 is 0 Å². The molecule has 0 rings (SSSR count). The molecule has 86 valence electrons. The van der Waals surface area contributed by atoms with Gasteiger partial charge in [0.25, 0.3) is 0 Å².